The van der Waals surface area contributed by atoms with E-state index in [1.54, 1.807) is 42.5 Å². The van der Waals surface area contributed by atoms with Gasteiger partial charge < -0.3 is 19.5 Å². The Balaban J connectivity index is 1.89. The fourth-order valence-corrected chi connectivity index (χ4v) is 4.47. The highest BCUT2D eigenvalue weighted by Crippen LogP contribution is 2.38. The number of rotatable bonds is 10. The van der Waals surface area contributed by atoms with Gasteiger partial charge in [0.2, 0.25) is 11.8 Å². The van der Waals surface area contributed by atoms with Gasteiger partial charge in [0.25, 0.3) is 0 Å². The predicted molar refractivity (Wildman–Crippen MR) is 153 cm³/mol. The number of ether oxygens (including phenoxy) is 3. The molecule has 0 fully saturated rings. The first-order valence-corrected chi connectivity index (χ1v) is 13.0. The molecule has 0 aliphatic carbocycles. The first-order chi connectivity index (χ1) is 19.2. The Morgan fingerprint density at radius 3 is 2.35 bits per heavy atom. The molecule has 0 aliphatic heterocycles. The molecule has 0 bridgehead atoms. The summed E-state index contributed by atoms with van der Waals surface area (Å²) in [6.07, 6.45) is 0. The minimum atomic E-state index is -1.08. The molecule has 40 heavy (non-hydrogen) atoms. The Labute approximate surface area is 233 Å². The molecule has 0 unspecified atom stereocenters. The van der Waals surface area contributed by atoms with E-state index >= 15 is 0 Å². The Hall–Kier alpha value is -4.60. The number of aromatic nitrogens is 3. The van der Waals surface area contributed by atoms with Gasteiger partial charge in [-0.1, -0.05) is 35.5 Å². The van der Waals surface area contributed by atoms with Crippen LogP contribution in [0.5, 0.6) is 17.2 Å². The topological polar surface area (TPSA) is 108 Å². The normalized spacial score (nSPS) is 12.1. The minimum absolute atomic E-state index is 0.161. The second kappa shape index (κ2) is 12.1. The van der Waals surface area contributed by atoms with Crippen molar-refractivity contribution >= 4 is 28.5 Å². The van der Waals surface area contributed by atoms with Crippen molar-refractivity contribution in [2.75, 3.05) is 25.7 Å². The van der Waals surface area contributed by atoms with Gasteiger partial charge in [-0.2, -0.15) is 0 Å². The number of carbonyl (C=O) groups is 2. The second-order valence-corrected chi connectivity index (χ2v) is 10.2. The number of nitrogens with one attached hydrogen (secondary N) is 1. The van der Waals surface area contributed by atoms with Crippen molar-refractivity contribution in [1.82, 2.24) is 20.3 Å². The van der Waals surface area contributed by atoms with Gasteiger partial charge in [0, 0.05) is 5.54 Å². The fourth-order valence-electron chi connectivity index (χ4n) is 4.47. The molecular weight excluding hydrogens is 510 g/mol. The first kappa shape index (κ1) is 28.4. The number of anilines is 1. The van der Waals surface area contributed by atoms with Crippen LogP contribution in [-0.2, 0) is 16.1 Å². The van der Waals surface area contributed by atoms with Crippen molar-refractivity contribution in [3.8, 4) is 17.2 Å². The van der Waals surface area contributed by atoms with Crippen molar-refractivity contribution in [3.05, 3.63) is 72.3 Å². The Kier molecular flexibility index (Phi) is 8.57. The van der Waals surface area contributed by atoms with E-state index in [1.807, 2.05) is 52.0 Å². The predicted octanol–water partition coefficient (Wildman–Crippen LogP) is 4.54. The summed E-state index contributed by atoms with van der Waals surface area (Å²) in [5.41, 5.74) is 1.76. The maximum Gasteiger partial charge on any atom is 0.249 e. The lowest BCUT2D eigenvalue weighted by Gasteiger charge is -2.34. The minimum Gasteiger partial charge on any atom is -0.495 e. The van der Waals surface area contributed by atoms with E-state index in [1.165, 1.54) is 23.8 Å². The maximum absolute atomic E-state index is 14.3. The summed E-state index contributed by atoms with van der Waals surface area (Å²) in [7, 11) is 3.06. The van der Waals surface area contributed by atoms with Crippen molar-refractivity contribution in [2.45, 2.75) is 45.8 Å². The van der Waals surface area contributed by atoms with E-state index in [2.05, 4.69) is 15.6 Å². The Bertz CT molecular complexity index is 1490. The molecule has 0 saturated carbocycles. The van der Waals surface area contributed by atoms with Crippen molar-refractivity contribution < 1.29 is 23.8 Å². The fraction of sp³-hybridized carbons (Fsp3) is 0.333. The zero-order valence-corrected chi connectivity index (χ0v) is 23.7. The average molecular weight is 546 g/mol. The third-order valence-electron chi connectivity index (χ3n) is 6.13. The van der Waals surface area contributed by atoms with Crippen LogP contribution in [0, 0.1) is 0 Å². The van der Waals surface area contributed by atoms with Gasteiger partial charge in [-0.3, -0.25) is 14.5 Å². The third-order valence-corrected chi connectivity index (χ3v) is 6.13. The first-order valence-electron chi connectivity index (χ1n) is 13.0. The number of fused-ring (bicyclic) bond motifs is 1. The van der Waals surface area contributed by atoms with Crippen LogP contribution in [0.2, 0.25) is 0 Å². The molecule has 0 aliphatic rings. The van der Waals surface area contributed by atoms with Crippen LogP contribution in [0.15, 0.2) is 66.7 Å². The van der Waals surface area contributed by atoms with Gasteiger partial charge >= 0.3 is 0 Å². The van der Waals surface area contributed by atoms with Gasteiger partial charge in [-0.05, 0) is 69.7 Å². The molecule has 3 aromatic carbocycles. The molecule has 210 valence electrons. The molecule has 4 aromatic rings. The number of benzene rings is 3. The molecule has 1 N–H and O–H groups in total. The molecule has 0 spiro atoms. The zero-order valence-electron chi connectivity index (χ0n) is 23.7. The van der Waals surface area contributed by atoms with Gasteiger partial charge in [0.1, 0.15) is 23.9 Å². The van der Waals surface area contributed by atoms with Gasteiger partial charge in [-0.25, -0.2) is 4.68 Å². The molecule has 2 amide bonds. The highest BCUT2D eigenvalue weighted by molar-refractivity contribution is 6.02. The van der Waals surface area contributed by atoms with E-state index in [4.69, 9.17) is 14.2 Å². The molecule has 0 saturated heterocycles. The van der Waals surface area contributed by atoms with Crippen LogP contribution in [0.3, 0.4) is 0 Å². The Morgan fingerprint density at radius 2 is 1.65 bits per heavy atom. The van der Waals surface area contributed by atoms with Crippen molar-refractivity contribution in [2.24, 2.45) is 0 Å². The SMILES string of the molecule is CCOc1ccc([C@@H](C(=O)NC(C)(C)C)N(C(=O)Cn2nnc3ccccc32)c2ccccc2OC)cc1OC. The number of para-hydroxylation sites is 3. The molecule has 10 heteroatoms. The summed E-state index contributed by atoms with van der Waals surface area (Å²) in [4.78, 5) is 29.8. The van der Waals surface area contributed by atoms with Crippen molar-refractivity contribution in [1.29, 1.82) is 0 Å². The van der Waals surface area contributed by atoms with Crippen molar-refractivity contribution in [3.63, 3.8) is 0 Å². The van der Waals surface area contributed by atoms with Crippen LogP contribution < -0.4 is 24.4 Å². The zero-order chi connectivity index (χ0) is 28.9. The molecule has 1 aromatic heterocycles. The summed E-state index contributed by atoms with van der Waals surface area (Å²) in [5, 5.41) is 11.4. The summed E-state index contributed by atoms with van der Waals surface area (Å²) < 4.78 is 18.5. The Morgan fingerprint density at radius 1 is 0.950 bits per heavy atom. The molecule has 4 rings (SSSR count). The van der Waals surface area contributed by atoms with Crippen LogP contribution in [0.4, 0.5) is 5.69 Å². The number of carbonyl (C=O) groups excluding carboxylic acids is 2. The lowest BCUT2D eigenvalue weighted by Crippen LogP contribution is -2.50. The highest BCUT2D eigenvalue weighted by atomic mass is 16.5. The van der Waals surface area contributed by atoms with Crippen LogP contribution >= 0.6 is 0 Å². The van der Waals surface area contributed by atoms with E-state index in [-0.39, 0.29) is 18.4 Å². The number of methoxy groups -OCH3 is 2. The monoisotopic (exact) mass is 545 g/mol. The summed E-state index contributed by atoms with van der Waals surface area (Å²) >= 11 is 0. The average Bonchev–Trinajstić information content (AvgIpc) is 3.33. The van der Waals surface area contributed by atoms with E-state index in [9.17, 15) is 9.59 Å². The van der Waals surface area contributed by atoms with Gasteiger partial charge in [-0.15, -0.1) is 5.10 Å². The largest absolute Gasteiger partial charge is 0.495 e. The lowest BCUT2D eigenvalue weighted by atomic mass is 10.00. The molecule has 1 atom stereocenters. The smallest absolute Gasteiger partial charge is 0.249 e. The third kappa shape index (κ3) is 6.17. The standard InChI is InChI=1S/C30H35N5O5/c1-7-40-25-17-16-20(18-26(25)39-6)28(29(37)31-30(2,3)4)35(23-14-10-11-15-24(23)38-5)27(36)19-34-22-13-9-8-12-21(22)32-33-34/h8-18,28H,7,19H2,1-6H3,(H,31,37)/t28-/m0/s1. The molecule has 1 heterocycles. The summed E-state index contributed by atoms with van der Waals surface area (Å²) in [6, 6.07) is 18.6. The summed E-state index contributed by atoms with van der Waals surface area (Å²) in [6.45, 7) is 7.82. The van der Waals surface area contributed by atoms with E-state index < -0.39 is 11.6 Å². The van der Waals surface area contributed by atoms with Gasteiger partial charge in [0.05, 0.1) is 32.0 Å². The maximum atomic E-state index is 14.3. The molecule has 0 radical (unpaired) electrons. The number of hydrogen-bond acceptors (Lipinski definition) is 7. The summed E-state index contributed by atoms with van der Waals surface area (Å²) in [5.74, 6) is 0.657. The number of hydrogen-bond donors (Lipinski definition) is 1. The highest BCUT2D eigenvalue weighted by Gasteiger charge is 2.36. The van der Waals surface area contributed by atoms with Gasteiger partial charge in [0.15, 0.2) is 11.5 Å². The van der Waals surface area contributed by atoms with Crippen LogP contribution in [-0.4, -0.2) is 53.2 Å². The number of amides is 2. The van der Waals surface area contributed by atoms with Crippen LogP contribution in [0.1, 0.15) is 39.3 Å². The van der Waals surface area contributed by atoms with Crippen LogP contribution in [0.25, 0.3) is 11.0 Å². The molecular formula is C30H35N5O5. The second-order valence-electron chi connectivity index (χ2n) is 10.2. The molecule has 10 nitrogen and oxygen atoms in total. The lowest BCUT2D eigenvalue weighted by molar-refractivity contribution is -0.128. The number of nitrogens with zero attached hydrogens (tertiary/aromatic N) is 4. The van der Waals surface area contributed by atoms with E-state index in [0.29, 0.717) is 46.1 Å². The quantitative estimate of drug-likeness (QED) is 0.312. The van der Waals surface area contributed by atoms with E-state index in [0.717, 1.165) is 0 Å².